The molecule has 1 amide bonds. The summed E-state index contributed by atoms with van der Waals surface area (Å²) in [5, 5.41) is 21.8. The molecule has 0 aromatic heterocycles. The third-order valence-corrected chi connectivity index (χ3v) is 4.35. The van der Waals surface area contributed by atoms with Crippen molar-refractivity contribution in [3.05, 3.63) is 75.5 Å². The molecule has 0 saturated carbocycles. The van der Waals surface area contributed by atoms with E-state index in [1.807, 2.05) is 0 Å². The van der Waals surface area contributed by atoms with Gasteiger partial charge < -0.3 is 9.84 Å². The predicted molar refractivity (Wildman–Crippen MR) is 96.7 cm³/mol. The maximum atomic E-state index is 12.7. The van der Waals surface area contributed by atoms with Crippen molar-refractivity contribution in [1.29, 1.82) is 0 Å². The number of anilines is 1. The molecule has 0 saturated heterocycles. The molecule has 0 aliphatic carbocycles. The smallest absolute Gasteiger partial charge is 0.294 e. The van der Waals surface area contributed by atoms with Gasteiger partial charge in [0.05, 0.1) is 23.2 Å². The molecule has 2 aromatic rings. The highest BCUT2D eigenvalue weighted by Gasteiger charge is 2.45. The summed E-state index contributed by atoms with van der Waals surface area (Å²) in [5.74, 6) is -1.61. The number of hydrogen-bond acceptors (Lipinski definition) is 6. The second-order valence-corrected chi connectivity index (χ2v) is 5.91. The van der Waals surface area contributed by atoms with Crippen molar-refractivity contribution in [1.82, 2.24) is 0 Å². The van der Waals surface area contributed by atoms with Gasteiger partial charge >= 0.3 is 0 Å². The minimum absolute atomic E-state index is 0.132. The minimum Gasteiger partial charge on any atom is -0.503 e. The zero-order valence-corrected chi connectivity index (χ0v) is 14.6. The van der Waals surface area contributed by atoms with E-state index in [2.05, 4.69) is 0 Å². The SMILES string of the molecule is COc1cccc(N2C(=O)C(O)=C(C(C)=O)[C@@H]2c2ccccc2[N+](=O)[O-])c1. The predicted octanol–water partition coefficient (Wildman–Crippen LogP) is 3.09. The van der Waals surface area contributed by atoms with Gasteiger partial charge in [0, 0.05) is 17.8 Å². The van der Waals surface area contributed by atoms with Crippen LogP contribution in [-0.4, -0.2) is 28.8 Å². The first kappa shape index (κ1) is 18.1. The first-order valence-electron chi connectivity index (χ1n) is 8.01. The lowest BCUT2D eigenvalue weighted by Crippen LogP contribution is -2.31. The van der Waals surface area contributed by atoms with Crippen molar-refractivity contribution in [2.75, 3.05) is 12.0 Å². The Morgan fingerprint density at radius 3 is 2.56 bits per heavy atom. The monoisotopic (exact) mass is 368 g/mol. The number of nitrogens with zero attached hydrogens (tertiary/aromatic N) is 2. The molecule has 1 aliphatic rings. The number of methoxy groups -OCH3 is 1. The number of aliphatic hydroxyl groups is 1. The number of amides is 1. The number of para-hydroxylation sites is 1. The Balaban J connectivity index is 2.26. The number of benzene rings is 2. The van der Waals surface area contributed by atoms with Gasteiger partial charge in [0.1, 0.15) is 11.8 Å². The van der Waals surface area contributed by atoms with Crippen molar-refractivity contribution in [2.24, 2.45) is 0 Å². The van der Waals surface area contributed by atoms with Crippen molar-refractivity contribution >= 4 is 23.1 Å². The standard InChI is InChI=1S/C19H16N2O6/c1-11(22)16-17(14-8-3-4-9-15(14)21(25)26)20(19(24)18(16)23)12-6-5-7-13(10-12)27-2/h3-10,17,23H,1-2H3/t17-/m0/s1. The first-order valence-corrected chi connectivity index (χ1v) is 8.01. The summed E-state index contributed by atoms with van der Waals surface area (Å²) in [6, 6.07) is 11.2. The zero-order chi connectivity index (χ0) is 19.7. The number of carbonyl (C=O) groups is 2. The molecule has 138 valence electrons. The molecule has 0 fully saturated rings. The second-order valence-electron chi connectivity index (χ2n) is 5.91. The number of ether oxygens (including phenoxy) is 1. The Bertz CT molecular complexity index is 982. The third kappa shape index (κ3) is 3.01. The lowest BCUT2D eigenvalue weighted by Gasteiger charge is -2.26. The van der Waals surface area contributed by atoms with Gasteiger partial charge in [0.2, 0.25) is 0 Å². The topological polar surface area (TPSA) is 110 Å². The molecule has 0 bridgehead atoms. The van der Waals surface area contributed by atoms with Crippen LogP contribution in [-0.2, 0) is 9.59 Å². The number of rotatable bonds is 5. The number of Topliss-reactive ketones (excluding diaryl/α,β-unsaturated/α-hetero) is 1. The van der Waals surface area contributed by atoms with Crippen LogP contribution in [0, 0.1) is 10.1 Å². The molecule has 3 rings (SSSR count). The average molecular weight is 368 g/mol. The van der Waals surface area contributed by atoms with Crippen molar-refractivity contribution < 1.29 is 24.4 Å². The Morgan fingerprint density at radius 2 is 1.93 bits per heavy atom. The Kier molecular flexibility index (Phi) is 4.64. The number of nitro groups is 1. The van der Waals surface area contributed by atoms with Gasteiger partial charge in [-0.15, -0.1) is 0 Å². The Morgan fingerprint density at radius 1 is 1.22 bits per heavy atom. The highest BCUT2D eigenvalue weighted by molar-refractivity contribution is 6.16. The van der Waals surface area contributed by atoms with E-state index in [0.717, 1.165) is 4.90 Å². The van der Waals surface area contributed by atoms with Crippen molar-refractivity contribution in [3.63, 3.8) is 0 Å². The average Bonchev–Trinajstić information content (AvgIpc) is 2.93. The highest BCUT2D eigenvalue weighted by atomic mass is 16.6. The van der Waals surface area contributed by atoms with E-state index in [1.165, 1.54) is 32.2 Å². The summed E-state index contributed by atoms with van der Waals surface area (Å²) in [6.45, 7) is 1.20. The molecule has 1 atom stereocenters. The van der Waals surface area contributed by atoms with Gasteiger partial charge in [-0.1, -0.05) is 18.2 Å². The van der Waals surface area contributed by atoms with Crippen LogP contribution in [0.15, 0.2) is 59.9 Å². The molecule has 27 heavy (non-hydrogen) atoms. The van der Waals surface area contributed by atoms with Gasteiger partial charge in [-0.3, -0.25) is 24.6 Å². The quantitative estimate of drug-likeness (QED) is 0.641. The van der Waals surface area contributed by atoms with Crippen molar-refractivity contribution in [2.45, 2.75) is 13.0 Å². The zero-order valence-electron chi connectivity index (χ0n) is 14.6. The lowest BCUT2D eigenvalue weighted by molar-refractivity contribution is -0.385. The number of nitro benzene ring substituents is 1. The molecule has 2 aromatic carbocycles. The van der Waals surface area contributed by atoms with Crippen molar-refractivity contribution in [3.8, 4) is 5.75 Å². The van der Waals surface area contributed by atoms with Crippen LogP contribution < -0.4 is 9.64 Å². The molecule has 1 aliphatic heterocycles. The summed E-state index contributed by atoms with van der Waals surface area (Å²) in [5.41, 5.74) is 0.0342. The van der Waals surface area contributed by atoms with Crippen LogP contribution in [0.3, 0.4) is 0 Å². The Labute approximate surface area is 154 Å². The molecular formula is C19H16N2O6. The normalized spacial score (nSPS) is 16.6. The first-order chi connectivity index (χ1) is 12.9. The molecule has 8 heteroatoms. The number of aliphatic hydroxyl groups excluding tert-OH is 1. The van der Waals surface area contributed by atoms with Gasteiger partial charge in [-0.05, 0) is 25.1 Å². The van der Waals surface area contributed by atoms with E-state index in [9.17, 15) is 24.8 Å². The summed E-state index contributed by atoms with van der Waals surface area (Å²) < 4.78 is 5.16. The molecule has 1 heterocycles. The number of carbonyl (C=O) groups excluding carboxylic acids is 2. The van der Waals surface area contributed by atoms with Crippen LogP contribution in [0.2, 0.25) is 0 Å². The number of hydrogen-bond donors (Lipinski definition) is 1. The fraction of sp³-hybridized carbons (Fsp3) is 0.158. The van der Waals surface area contributed by atoms with Crippen LogP contribution in [0.4, 0.5) is 11.4 Å². The summed E-state index contributed by atoms with van der Waals surface area (Å²) in [7, 11) is 1.46. The fourth-order valence-corrected chi connectivity index (χ4v) is 3.17. The summed E-state index contributed by atoms with van der Waals surface area (Å²) >= 11 is 0. The van der Waals surface area contributed by atoms with E-state index in [1.54, 1.807) is 30.3 Å². The highest BCUT2D eigenvalue weighted by Crippen LogP contribution is 2.44. The largest absolute Gasteiger partial charge is 0.503 e. The molecule has 1 N–H and O–H groups in total. The lowest BCUT2D eigenvalue weighted by atomic mass is 9.95. The molecule has 0 spiro atoms. The molecule has 0 radical (unpaired) electrons. The van der Waals surface area contributed by atoms with E-state index in [0.29, 0.717) is 11.4 Å². The summed E-state index contributed by atoms with van der Waals surface area (Å²) in [6.07, 6.45) is 0. The second kappa shape index (κ2) is 6.91. The van der Waals surface area contributed by atoms with Crippen LogP contribution >= 0.6 is 0 Å². The van der Waals surface area contributed by atoms with Gasteiger partial charge in [-0.25, -0.2) is 0 Å². The molecule has 8 nitrogen and oxygen atoms in total. The van der Waals surface area contributed by atoms with Crippen LogP contribution in [0.25, 0.3) is 0 Å². The number of ketones is 1. The third-order valence-electron chi connectivity index (χ3n) is 4.35. The molecular weight excluding hydrogens is 352 g/mol. The van der Waals surface area contributed by atoms with E-state index in [-0.39, 0.29) is 16.8 Å². The Hall–Kier alpha value is -3.68. The van der Waals surface area contributed by atoms with Gasteiger partial charge in [0.15, 0.2) is 11.5 Å². The minimum atomic E-state index is -1.12. The molecule has 0 unspecified atom stereocenters. The van der Waals surface area contributed by atoms with Gasteiger partial charge in [-0.2, -0.15) is 0 Å². The maximum absolute atomic E-state index is 12.7. The van der Waals surface area contributed by atoms with Gasteiger partial charge in [0.25, 0.3) is 11.6 Å². The van der Waals surface area contributed by atoms with Crippen LogP contribution in [0.5, 0.6) is 5.75 Å². The van der Waals surface area contributed by atoms with E-state index >= 15 is 0 Å². The van der Waals surface area contributed by atoms with E-state index < -0.39 is 28.4 Å². The maximum Gasteiger partial charge on any atom is 0.294 e. The van der Waals surface area contributed by atoms with Crippen LogP contribution in [0.1, 0.15) is 18.5 Å². The van der Waals surface area contributed by atoms with E-state index in [4.69, 9.17) is 4.74 Å². The fourth-order valence-electron chi connectivity index (χ4n) is 3.17. The summed E-state index contributed by atoms with van der Waals surface area (Å²) in [4.78, 5) is 37.0.